The highest BCUT2D eigenvalue weighted by Gasteiger charge is 2.15. The van der Waals surface area contributed by atoms with E-state index in [9.17, 15) is 0 Å². The predicted molar refractivity (Wildman–Crippen MR) is 214 cm³/mol. The van der Waals surface area contributed by atoms with E-state index in [-0.39, 0.29) is 0 Å². The molecule has 2 heterocycles. The van der Waals surface area contributed by atoms with Crippen molar-refractivity contribution >= 4 is 48.6 Å². The van der Waals surface area contributed by atoms with Gasteiger partial charge in [0, 0.05) is 48.4 Å². The number of hydrogen-bond donors (Lipinski definition) is 0. The molecule has 0 amide bonds. The topological polar surface area (TPSA) is 16.1 Å². The minimum absolute atomic E-state index is 0.957. The third-order valence-electron chi connectivity index (χ3n) is 9.32. The van der Waals surface area contributed by atoms with Gasteiger partial charge in [0.05, 0.1) is 11.4 Å². The zero-order valence-corrected chi connectivity index (χ0v) is 28.1. The smallest absolute Gasteiger partial charge is 0.0723 e. The highest BCUT2D eigenvalue weighted by Crippen LogP contribution is 2.41. The second kappa shape index (κ2) is 13.0. The molecule has 9 aromatic rings. The normalized spacial score (nSPS) is 11.2. The summed E-state index contributed by atoms with van der Waals surface area (Å²) in [6, 6.07) is 69.0. The standard InChI is InChI=1S/C47H32N2S/c1-3-11-33(12-4-1)35-21-27-38(28-22-35)49(39-29-23-36(24-30-39)34-13-5-2-6-14-34)40-31-25-37(26-32-40)44-18-10-19-45(48-44)43-17-9-16-42-41-15-7-8-20-46(41)50-47(42)43/h1-32H. The lowest BCUT2D eigenvalue weighted by Gasteiger charge is -2.26. The van der Waals surface area contributed by atoms with Crippen LogP contribution in [0.1, 0.15) is 0 Å². The quantitative estimate of drug-likeness (QED) is 0.170. The van der Waals surface area contributed by atoms with Crippen LogP contribution in [0.2, 0.25) is 0 Å². The maximum absolute atomic E-state index is 5.19. The zero-order valence-electron chi connectivity index (χ0n) is 27.3. The van der Waals surface area contributed by atoms with Crippen LogP contribution in [0.4, 0.5) is 17.1 Å². The van der Waals surface area contributed by atoms with Crippen LogP contribution in [0.5, 0.6) is 0 Å². The molecule has 0 bridgehead atoms. The molecule has 0 fully saturated rings. The molecule has 0 aliphatic heterocycles. The summed E-state index contributed by atoms with van der Waals surface area (Å²) in [5.74, 6) is 0. The molecule has 2 aromatic heterocycles. The van der Waals surface area contributed by atoms with Crippen LogP contribution in [0.15, 0.2) is 194 Å². The van der Waals surface area contributed by atoms with Crippen LogP contribution < -0.4 is 4.90 Å². The van der Waals surface area contributed by atoms with E-state index in [0.717, 1.165) is 34.0 Å². The fourth-order valence-corrected chi connectivity index (χ4v) is 8.01. The molecule has 0 atom stereocenters. The van der Waals surface area contributed by atoms with Crippen molar-refractivity contribution in [2.45, 2.75) is 0 Å². The van der Waals surface area contributed by atoms with Gasteiger partial charge in [-0.15, -0.1) is 11.3 Å². The zero-order chi connectivity index (χ0) is 33.3. The molecular formula is C47H32N2S. The minimum Gasteiger partial charge on any atom is -0.311 e. The summed E-state index contributed by atoms with van der Waals surface area (Å²) in [5.41, 5.74) is 12.3. The van der Waals surface area contributed by atoms with Crippen LogP contribution in [0.3, 0.4) is 0 Å². The van der Waals surface area contributed by atoms with Gasteiger partial charge in [0.1, 0.15) is 0 Å². The first kappa shape index (κ1) is 29.8. The number of hydrogen-bond acceptors (Lipinski definition) is 3. The second-order valence-corrected chi connectivity index (χ2v) is 13.4. The van der Waals surface area contributed by atoms with Gasteiger partial charge < -0.3 is 4.90 Å². The molecule has 0 saturated heterocycles. The third-order valence-corrected chi connectivity index (χ3v) is 10.5. The van der Waals surface area contributed by atoms with Gasteiger partial charge in [-0.2, -0.15) is 0 Å². The summed E-state index contributed by atoms with van der Waals surface area (Å²) in [5, 5.41) is 2.59. The molecule has 0 spiro atoms. The summed E-state index contributed by atoms with van der Waals surface area (Å²) < 4.78 is 2.58. The fraction of sp³-hybridized carbons (Fsp3) is 0. The summed E-state index contributed by atoms with van der Waals surface area (Å²) in [7, 11) is 0. The molecule has 0 saturated carbocycles. The van der Waals surface area contributed by atoms with Crippen molar-refractivity contribution in [2.24, 2.45) is 0 Å². The van der Waals surface area contributed by atoms with E-state index in [1.807, 2.05) is 11.3 Å². The van der Waals surface area contributed by atoms with Crippen LogP contribution in [-0.4, -0.2) is 4.98 Å². The Kier molecular flexibility index (Phi) is 7.73. The number of aromatic nitrogens is 1. The number of pyridine rings is 1. The highest BCUT2D eigenvalue weighted by molar-refractivity contribution is 7.26. The molecule has 50 heavy (non-hydrogen) atoms. The van der Waals surface area contributed by atoms with Crippen LogP contribution in [-0.2, 0) is 0 Å². The molecular weight excluding hydrogens is 625 g/mol. The molecule has 7 aromatic carbocycles. The average Bonchev–Trinajstić information content (AvgIpc) is 3.59. The number of rotatable bonds is 7. The fourth-order valence-electron chi connectivity index (χ4n) is 6.79. The molecule has 2 nitrogen and oxygen atoms in total. The van der Waals surface area contributed by atoms with Gasteiger partial charge in [-0.05, 0) is 76.9 Å². The molecule has 0 aliphatic rings. The van der Waals surface area contributed by atoms with Crippen molar-refractivity contribution in [1.29, 1.82) is 0 Å². The molecule has 0 radical (unpaired) electrons. The molecule has 3 heteroatoms. The van der Waals surface area contributed by atoms with Crippen LogP contribution in [0, 0.1) is 0 Å². The van der Waals surface area contributed by atoms with E-state index in [4.69, 9.17) is 4.98 Å². The number of anilines is 3. The first-order valence-corrected chi connectivity index (χ1v) is 17.7. The molecule has 236 valence electrons. The third kappa shape index (κ3) is 5.64. The van der Waals surface area contributed by atoms with E-state index in [1.54, 1.807) is 0 Å². The van der Waals surface area contributed by atoms with E-state index in [2.05, 4.69) is 199 Å². The van der Waals surface area contributed by atoms with Gasteiger partial charge in [0.25, 0.3) is 0 Å². The van der Waals surface area contributed by atoms with Crippen molar-refractivity contribution in [3.05, 3.63) is 194 Å². The largest absolute Gasteiger partial charge is 0.311 e. The first-order chi connectivity index (χ1) is 24.8. The number of thiophene rings is 1. The lowest BCUT2D eigenvalue weighted by molar-refractivity contribution is 1.28. The Morgan fingerprint density at radius 2 is 0.800 bits per heavy atom. The number of nitrogens with zero attached hydrogens (tertiary/aromatic N) is 2. The Hall–Kier alpha value is -6.29. The summed E-state index contributed by atoms with van der Waals surface area (Å²) in [6.07, 6.45) is 0. The Morgan fingerprint density at radius 3 is 1.40 bits per heavy atom. The number of fused-ring (bicyclic) bond motifs is 3. The van der Waals surface area contributed by atoms with Gasteiger partial charge in [-0.25, -0.2) is 4.98 Å². The van der Waals surface area contributed by atoms with Gasteiger partial charge in [0.2, 0.25) is 0 Å². The monoisotopic (exact) mass is 656 g/mol. The summed E-state index contributed by atoms with van der Waals surface area (Å²) >= 11 is 1.84. The first-order valence-electron chi connectivity index (χ1n) is 16.9. The molecule has 0 N–H and O–H groups in total. The van der Waals surface area contributed by atoms with Gasteiger partial charge in [0.15, 0.2) is 0 Å². The van der Waals surface area contributed by atoms with Crippen LogP contribution >= 0.6 is 11.3 Å². The summed E-state index contributed by atoms with van der Waals surface area (Å²) in [6.45, 7) is 0. The minimum atomic E-state index is 0.957. The second-order valence-electron chi connectivity index (χ2n) is 12.4. The van der Waals surface area contributed by atoms with Gasteiger partial charge >= 0.3 is 0 Å². The molecule has 9 rings (SSSR count). The van der Waals surface area contributed by atoms with Crippen molar-refractivity contribution in [2.75, 3.05) is 4.90 Å². The van der Waals surface area contributed by atoms with Crippen molar-refractivity contribution in [3.8, 4) is 44.8 Å². The van der Waals surface area contributed by atoms with E-state index >= 15 is 0 Å². The molecule has 0 unspecified atom stereocenters. The Balaban J connectivity index is 1.07. The van der Waals surface area contributed by atoms with Crippen molar-refractivity contribution in [3.63, 3.8) is 0 Å². The highest BCUT2D eigenvalue weighted by atomic mass is 32.1. The van der Waals surface area contributed by atoms with E-state index in [0.29, 0.717) is 0 Å². The van der Waals surface area contributed by atoms with E-state index < -0.39 is 0 Å². The predicted octanol–water partition coefficient (Wildman–Crippen LogP) is 13.6. The van der Waals surface area contributed by atoms with E-state index in [1.165, 1.54) is 48.0 Å². The Bertz CT molecular complexity index is 2470. The Morgan fingerprint density at radius 1 is 0.340 bits per heavy atom. The van der Waals surface area contributed by atoms with Crippen molar-refractivity contribution in [1.82, 2.24) is 4.98 Å². The van der Waals surface area contributed by atoms with Gasteiger partial charge in [-0.3, -0.25) is 0 Å². The van der Waals surface area contributed by atoms with Crippen molar-refractivity contribution < 1.29 is 0 Å². The number of benzene rings is 7. The SMILES string of the molecule is c1ccc(-c2ccc(N(c3ccc(-c4ccccc4)cc3)c3ccc(-c4cccc(-c5cccc6c5sc5ccccc56)n4)cc3)cc2)cc1. The van der Waals surface area contributed by atoms with Crippen LogP contribution in [0.25, 0.3) is 64.9 Å². The van der Waals surface area contributed by atoms with Gasteiger partial charge in [-0.1, -0.05) is 140 Å². The molecule has 0 aliphatic carbocycles. The lowest BCUT2D eigenvalue weighted by Crippen LogP contribution is -2.09. The lowest BCUT2D eigenvalue weighted by atomic mass is 10.0. The Labute approximate surface area is 296 Å². The average molecular weight is 657 g/mol. The maximum atomic E-state index is 5.19. The maximum Gasteiger partial charge on any atom is 0.0723 e. The summed E-state index contributed by atoms with van der Waals surface area (Å²) in [4.78, 5) is 7.51.